The average Bonchev–Trinajstić information content (AvgIpc) is 3.30. The summed E-state index contributed by atoms with van der Waals surface area (Å²) in [5, 5.41) is 2.73. The highest BCUT2D eigenvalue weighted by atomic mass is 32.2. The molecule has 4 rings (SSSR count). The first-order valence-corrected chi connectivity index (χ1v) is 13.2. The smallest absolute Gasteiger partial charge is 0.416 e. The fourth-order valence-corrected chi connectivity index (χ4v) is 4.25. The first-order valence-electron chi connectivity index (χ1n) is 11.4. The number of rotatable bonds is 8. The molecule has 0 spiro atoms. The fraction of sp³-hybridized carbons (Fsp3) is 0.269. The normalized spacial score (nSPS) is 12.8. The van der Waals surface area contributed by atoms with Gasteiger partial charge in [0.2, 0.25) is 22.7 Å². The molecule has 38 heavy (non-hydrogen) atoms. The number of halogens is 3. The molecule has 0 fully saturated rings. The van der Waals surface area contributed by atoms with Crippen LogP contribution in [0, 0.1) is 6.92 Å². The van der Waals surface area contributed by atoms with Gasteiger partial charge in [0.05, 0.1) is 23.9 Å². The monoisotopic (exact) mass is 550 g/mol. The molecule has 0 saturated carbocycles. The molecule has 202 valence electrons. The van der Waals surface area contributed by atoms with Gasteiger partial charge in [-0.25, -0.2) is 8.42 Å². The minimum Gasteiger partial charge on any atom is -0.487 e. The number of anilines is 2. The second-order valence-corrected chi connectivity index (χ2v) is 10.8. The standard InChI is InChI=1S/C26H25F3N2O6S/c1-16-4-6-19(26(27,28)29)12-18(16)14-35-23-13-20(7-8-21(23)31(2)38(3,33)34)30-25(32)11-17-5-9-22-24(10-17)37-15-36-22/h4-10,12-13H,11,14-15H2,1-3H3,(H,30,32). The molecular formula is C26H25F3N2O6S. The van der Waals surface area contributed by atoms with E-state index in [0.29, 0.717) is 28.3 Å². The zero-order valence-corrected chi connectivity index (χ0v) is 21.6. The van der Waals surface area contributed by atoms with Crippen molar-refractivity contribution in [1.82, 2.24) is 0 Å². The maximum atomic E-state index is 13.2. The summed E-state index contributed by atoms with van der Waals surface area (Å²) in [6.45, 7) is 1.51. The maximum absolute atomic E-state index is 13.2. The Balaban J connectivity index is 1.56. The van der Waals surface area contributed by atoms with E-state index in [-0.39, 0.29) is 42.7 Å². The number of amides is 1. The zero-order valence-electron chi connectivity index (χ0n) is 20.8. The lowest BCUT2D eigenvalue weighted by molar-refractivity contribution is -0.137. The van der Waals surface area contributed by atoms with Crippen molar-refractivity contribution in [2.45, 2.75) is 26.1 Å². The van der Waals surface area contributed by atoms with Crippen LogP contribution in [-0.2, 0) is 34.0 Å². The highest BCUT2D eigenvalue weighted by molar-refractivity contribution is 7.92. The third kappa shape index (κ3) is 6.31. The van der Waals surface area contributed by atoms with E-state index in [1.54, 1.807) is 25.1 Å². The average molecular weight is 551 g/mol. The van der Waals surface area contributed by atoms with Crippen LogP contribution in [0.15, 0.2) is 54.6 Å². The van der Waals surface area contributed by atoms with Crippen LogP contribution >= 0.6 is 0 Å². The van der Waals surface area contributed by atoms with Crippen molar-refractivity contribution in [1.29, 1.82) is 0 Å². The van der Waals surface area contributed by atoms with Gasteiger partial charge in [-0.3, -0.25) is 9.10 Å². The highest BCUT2D eigenvalue weighted by Crippen LogP contribution is 2.35. The lowest BCUT2D eigenvalue weighted by Crippen LogP contribution is -2.25. The summed E-state index contributed by atoms with van der Waals surface area (Å²) in [4.78, 5) is 12.7. The number of fused-ring (bicyclic) bond motifs is 1. The van der Waals surface area contributed by atoms with E-state index in [1.165, 1.54) is 31.3 Å². The second kappa shape index (κ2) is 10.4. The number of aryl methyl sites for hydroxylation is 1. The molecule has 0 aliphatic carbocycles. The highest BCUT2D eigenvalue weighted by Gasteiger charge is 2.31. The van der Waals surface area contributed by atoms with Gasteiger partial charge in [0.15, 0.2) is 11.5 Å². The van der Waals surface area contributed by atoms with Crippen molar-refractivity contribution in [3.8, 4) is 17.2 Å². The number of carbonyl (C=O) groups is 1. The minimum atomic E-state index is -4.52. The zero-order chi connectivity index (χ0) is 27.7. The summed E-state index contributed by atoms with van der Waals surface area (Å²) < 4.78 is 81.3. The molecule has 12 heteroatoms. The number of benzene rings is 3. The van der Waals surface area contributed by atoms with Crippen molar-refractivity contribution in [3.63, 3.8) is 0 Å². The van der Waals surface area contributed by atoms with Crippen molar-refractivity contribution >= 4 is 27.3 Å². The lowest BCUT2D eigenvalue weighted by atomic mass is 10.1. The summed E-state index contributed by atoms with van der Waals surface area (Å²) >= 11 is 0. The largest absolute Gasteiger partial charge is 0.487 e. The Kier molecular flexibility index (Phi) is 7.45. The summed E-state index contributed by atoms with van der Waals surface area (Å²) in [6.07, 6.45) is -3.48. The molecule has 0 bridgehead atoms. The number of nitrogens with one attached hydrogen (secondary N) is 1. The van der Waals surface area contributed by atoms with E-state index < -0.39 is 21.8 Å². The number of hydrogen-bond donors (Lipinski definition) is 1. The fourth-order valence-electron chi connectivity index (χ4n) is 3.75. The molecule has 1 aliphatic heterocycles. The van der Waals surface area contributed by atoms with Gasteiger partial charge >= 0.3 is 6.18 Å². The van der Waals surface area contributed by atoms with Crippen LogP contribution in [0.3, 0.4) is 0 Å². The number of carbonyl (C=O) groups excluding carboxylic acids is 1. The van der Waals surface area contributed by atoms with Gasteiger partial charge in [0.25, 0.3) is 0 Å². The van der Waals surface area contributed by atoms with Gasteiger partial charge in [-0.05, 0) is 60.0 Å². The summed E-state index contributed by atoms with van der Waals surface area (Å²) in [5.41, 5.74) is 1.20. The van der Waals surface area contributed by atoms with Gasteiger partial charge in [-0.1, -0.05) is 12.1 Å². The van der Waals surface area contributed by atoms with Gasteiger partial charge < -0.3 is 19.5 Å². The molecule has 1 aliphatic rings. The van der Waals surface area contributed by atoms with Crippen molar-refractivity contribution in [2.24, 2.45) is 0 Å². The predicted molar refractivity (Wildman–Crippen MR) is 135 cm³/mol. The van der Waals surface area contributed by atoms with Crippen LogP contribution in [0.5, 0.6) is 17.2 Å². The van der Waals surface area contributed by atoms with Gasteiger partial charge in [0.1, 0.15) is 12.4 Å². The van der Waals surface area contributed by atoms with E-state index in [2.05, 4.69) is 5.32 Å². The van der Waals surface area contributed by atoms with Crippen molar-refractivity contribution in [3.05, 3.63) is 76.9 Å². The Hall–Kier alpha value is -3.93. The molecule has 1 amide bonds. The molecule has 1 heterocycles. The molecule has 3 aromatic carbocycles. The number of sulfonamides is 1. The lowest BCUT2D eigenvalue weighted by Gasteiger charge is -2.22. The van der Waals surface area contributed by atoms with Crippen LogP contribution in [0.25, 0.3) is 0 Å². The number of alkyl halides is 3. The third-order valence-electron chi connectivity index (χ3n) is 5.94. The Morgan fingerprint density at radius 2 is 1.79 bits per heavy atom. The Bertz CT molecular complexity index is 1470. The van der Waals surface area contributed by atoms with Crippen molar-refractivity contribution in [2.75, 3.05) is 29.7 Å². The topological polar surface area (TPSA) is 94.2 Å². The van der Waals surface area contributed by atoms with E-state index >= 15 is 0 Å². The second-order valence-electron chi connectivity index (χ2n) is 8.75. The Labute approximate surface area is 218 Å². The molecule has 0 aromatic heterocycles. The molecule has 8 nitrogen and oxygen atoms in total. The summed E-state index contributed by atoms with van der Waals surface area (Å²) in [7, 11) is -2.36. The maximum Gasteiger partial charge on any atom is 0.416 e. The third-order valence-corrected chi connectivity index (χ3v) is 7.13. The molecular weight excluding hydrogens is 525 g/mol. The van der Waals surface area contributed by atoms with Gasteiger partial charge in [-0.2, -0.15) is 13.2 Å². The van der Waals surface area contributed by atoms with Crippen LogP contribution in [0.2, 0.25) is 0 Å². The summed E-state index contributed by atoms with van der Waals surface area (Å²) in [5.74, 6) is 0.852. The number of hydrogen-bond acceptors (Lipinski definition) is 6. The predicted octanol–water partition coefficient (Wildman–Crippen LogP) is 4.90. The van der Waals surface area contributed by atoms with E-state index in [9.17, 15) is 26.4 Å². The molecule has 3 aromatic rings. The van der Waals surface area contributed by atoms with E-state index in [1.807, 2.05) is 0 Å². The molecule has 1 N–H and O–H groups in total. The Morgan fingerprint density at radius 1 is 1.05 bits per heavy atom. The van der Waals surface area contributed by atoms with E-state index in [4.69, 9.17) is 14.2 Å². The number of ether oxygens (including phenoxy) is 3. The molecule has 0 saturated heterocycles. The number of nitrogens with zero attached hydrogens (tertiary/aromatic N) is 1. The summed E-state index contributed by atoms with van der Waals surface area (Å²) in [6, 6.07) is 12.9. The first kappa shape index (κ1) is 27.1. The van der Waals surface area contributed by atoms with E-state index in [0.717, 1.165) is 22.7 Å². The minimum absolute atomic E-state index is 0.0290. The van der Waals surface area contributed by atoms with Crippen LogP contribution < -0.4 is 23.8 Å². The SMILES string of the molecule is Cc1ccc(C(F)(F)F)cc1COc1cc(NC(=O)Cc2ccc3c(c2)OCO3)ccc1N(C)S(C)(=O)=O. The molecule has 0 unspecified atom stereocenters. The van der Waals surface area contributed by atoms with Gasteiger partial charge in [-0.15, -0.1) is 0 Å². The van der Waals surface area contributed by atoms with Crippen molar-refractivity contribution < 1.29 is 40.6 Å². The van der Waals surface area contributed by atoms with Crippen LogP contribution in [0.4, 0.5) is 24.5 Å². The quantitative estimate of drug-likeness (QED) is 0.429. The first-order chi connectivity index (χ1) is 17.8. The van der Waals surface area contributed by atoms with Gasteiger partial charge in [0, 0.05) is 18.8 Å². The molecule has 0 atom stereocenters. The van der Waals surface area contributed by atoms with Crippen LogP contribution in [0.1, 0.15) is 22.3 Å². The van der Waals surface area contributed by atoms with Crippen LogP contribution in [-0.4, -0.2) is 34.4 Å². The Morgan fingerprint density at radius 3 is 2.50 bits per heavy atom. The molecule has 0 radical (unpaired) electrons.